The highest BCUT2D eigenvalue weighted by Crippen LogP contribution is 2.46. The van der Waals surface area contributed by atoms with Gasteiger partial charge in [-0.05, 0) is 84.0 Å². The van der Waals surface area contributed by atoms with Crippen LogP contribution in [0.25, 0.3) is 82.1 Å². The van der Waals surface area contributed by atoms with Crippen molar-refractivity contribution < 1.29 is 0 Å². The average molecular weight is 632 g/mol. The van der Waals surface area contributed by atoms with E-state index in [2.05, 4.69) is 186 Å². The minimum Gasteiger partial charge on any atom is -0.309 e. The van der Waals surface area contributed by atoms with Crippen LogP contribution in [0, 0.1) is 0 Å². The molecule has 0 saturated carbocycles. The van der Waals surface area contributed by atoms with E-state index in [9.17, 15) is 0 Å². The smallest absolute Gasteiger partial charge is 0.0547 e. The summed E-state index contributed by atoms with van der Waals surface area (Å²) >= 11 is 0. The summed E-state index contributed by atoms with van der Waals surface area (Å²) in [6, 6.07) is 52.7. The quantitative estimate of drug-likeness (QED) is 0.171. The lowest BCUT2D eigenvalue weighted by Crippen LogP contribution is -2.10. The molecule has 0 aliphatic carbocycles. The van der Waals surface area contributed by atoms with Gasteiger partial charge in [-0.2, -0.15) is 0 Å². The van der Waals surface area contributed by atoms with Crippen molar-refractivity contribution in [3.05, 3.63) is 151 Å². The summed E-state index contributed by atoms with van der Waals surface area (Å²) in [6.45, 7) is 13.7. The molecule has 0 radical (unpaired) electrons. The zero-order chi connectivity index (χ0) is 33.7. The lowest BCUT2D eigenvalue weighted by Gasteiger charge is -2.22. The molecule has 0 saturated heterocycles. The summed E-state index contributed by atoms with van der Waals surface area (Å²) in [5.41, 5.74) is 11.6. The van der Waals surface area contributed by atoms with E-state index in [-0.39, 0.29) is 10.8 Å². The molecule has 0 unspecified atom stereocenters. The van der Waals surface area contributed by atoms with E-state index in [4.69, 9.17) is 0 Å². The van der Waals surface area contributed by atoms with Crippen LogP contribution in [-0.2, 0) is 10.8 Å². The van der Waals surface area contributed by atoms with Gasteiger partial charge in [-0.25, -0.2) is 0 Å². The van der Waals surface area contributed by atoms with Crippen LogP contribution in [0.5, 0.6) is 0 Å². The predicted molar refractivity (Wildman–Crippen MR) is 213 cm³/mol. The third-order valence-corrected chi connectivity index (χ3v) is 10.7. The van der Waals surface area contributed by atoms with Crippen molar-refractivity contribution >= 4 is 54.1 Å². The molecule has 0 fully saturated rings. The molecule has 0 amide bonds. The van der Waals surface area contributed by atoms with Crippen molar-refractivity contribution in [2.45, 2.75) is 52.4 Å². The van der Waals surface area contributed by atoms with E-state index in [1.807, 2.05) is 0 Å². The molecule has 49 heavy (non-hydrogen) atoms. The van der Waals surface area contributed by atoms with Crippen LogP contribution in [0.4, 0.5) is 0 Å². The predicted octanol–water partition coefficient (Wildman–Crippen LogP) is 13.6. The molecule has 8 aromatic carbocycles. The Hall–Kier alpha value is -5.40. The van der Waals surface area contributed by atoms with Gasteiger partial charge in [0.15, 0.2) is 0 Å². The van der Waals surface area contributed by atoms with E-state index >= 15 is 0 Å². The molecule has 0 atom stereocenters. The number of para-hydroxylation sites is 2. The molecule has 1 heterocycles. The second-order valence-electron chi connectivity index (χ2n) is 15.8. The van der Waals surface area contributed by atoms with Gasteiger partial charge in [-0.3, -0.25) is 0 Å². The minimum atomic E-state index is 0.0941. The lowest BCUT2D eigenvalue weighted by atomic mass is 9.83. The minimum absolute atomic E-state index is 0.0941. The van der Waals surface area contributed by atoms with Gasteiger partial charge in [0.05, 0.1) is 16.7 Å². The van der Waals surface area contributed by atoms with Crippen molar-refractivity contribution in [2.24, 2.45) is 0 Å². The fourth-order valence-corrected chi connectivity index (χ4v) is 8.04. The van der Waals surface area contributed by atoms with E-state index in [1.54, 1.807) is 0 Å². The summed E-state index contributed by atoms with van der Waals surface area (Å²) in [6.07, 6.45) is 0. The van der Waals surface area contributed by atoms with Crippen LogP contribution in [0.15, 0.2) is 140 Å². The summed E-state index contributed by atoms with van der Waals surface area (Å²) < 4.78 is 2.50. The van der Waals surface area contributed by atoms with Gasteiger partial charge in [-0.15, -0.1) is 0 Å². The van der Waals surface area contributed by atoms with Gasteiger partial charge < -0.3 is 4.57 Å². The maximum absolute atomic E-state index is 2.50. The molecule has 1 nitrogen and oxygen atoms in total. The van der Waals surface area contributed by atoms with E-state index in [0.29, 0.717) is 0 Å². The second kappa shape index (κ2) is 10.5. The molecule has 9 aromatic rings. The van der Waals surface area contributed by atoms with E-state index < -0.39 is 0 Å². The Morgan fingerprint density at radius 2 is 0.857 bits per heavy atom. The van der Waals surface area contributed by atoms with Gasteiger partial charge in [0.25, 0.3) is 0 Å². The number of rotatable bonds is 3. The standard InChI is InChI=1S/C48H41N/c1-47(2,3)33-21-15-30(16-22-33)35-25-19-32-20-26-39-41(31-17-23-34(24-18-31)48(4,5)6)29-44(40-28-27-38(35)45(32)46(39)40)49-42-13-9-7-11-36(42)37-12-8-10-14-43(37)49/h7-29H,1-6H3. The molecule has 238 valence electrons. The highest BCUT2D eigenvalue weighted by atomic mass is 15.0. The maximum atomic E-state index is 2.50. The highest BCUT2D eigenvalue weighted by molar-refractivity contribution is 6.29. The Kier molecular flexibility index (Phi) is 6.40. The van der Waals surface area contributed by atoms with Gasteiger partial charge in [0, 0.05) is 21.5 Å². The van der Waals surface area contributed by atoms with Crippen LogP contribution >= 0.6 is 0 Å². The number of hydrogen-bond donors (Lipinski definition) is 0. The molecular weight excluding hydrogens is 591 g/mol. The van der Waals surface area contributed by atoms with Crippen molar-refractivity contribution in [2.75, 3.05) is 0 Å². The first-order valence-electron chi connectivity index (χ1n) is 17.5. The Morgan fingerprint density at radius 1 is 0.388 bits per heavy atom. The Balaban J connectivity index is 1.40. The summed E-state index contributed by atoms with van der Waals surface area (Å²) in [4.78, 5) is 0. The van der Waals surface area contributed by atoms with Crippen LogP contribution in [0.2, 0.25) is 0 Å². The first kappa shape index (κ1) is 29.7. The summed E-state index contributed by atoms with van der Waals surface area (Å²) in [7, 11) is 0. The summed E-state index contributed by atoms with van der Waals surface area (Å²) in [5.74, 6) is 0. The number of fused-ring (bicyclic) bond motifs is 3. The van der Waals surface area contributed by atoms with E-state index in [0.717, 1.165) is 0 Å². The van der Waals surface area contributed by atoms with Crippen LogP contribution in [0.3, 0.4) is 0 Å². The Morgan fingerprint density at radius 3 is 1.43 bits per heavy atom. The molecule has 0 aliphatic heterocycles. The first-order chi connectivity index (χ1) is 23.6. The number of nitrogens with zero attached hydrogens (tertiary/aromatic N) is 1. The van der Waals surface area contributed by atoms with Gasteiger partial charge in [0.2, 0.25) is 0 Å². The zero-order valence-corrected chi connectivity index (χ0v) is 29.2. The third-order valence-electron chi connectivity index (χ3n) is 10.7. The van der Waals surface area contributed by atoms with Crippen molar-refractivity contribution in [1.82, 2.24) is 4.57 Å². The van der Waals surface area contributed by atoms with Gasteiger partial charge in [-0.1, -0.05) is 163 Å². The molecular formula is C48H41N. The van der Waals surface area contributed by atoms with Crippen molar-refractivity contribution in [1.29, 1.82) is 0 Å². The molecule has 1 aromatic heterocycles. The van der Waals surface area contributed by atoms with E-state index in [1.165, 1.54) is 93.2 Å². The monoisotopic (exact) mass is 631 g/mol. The highest BCUT2D eigenvalue weighted by Gasteiger charge is 2.22. The van der Waals surface area contributed by atoms with Crippen molar-refractivity contribution in [3.63, 3.8) is 0 Å². The normalized spacial score (nSPS) is 12.7. The second-order valence-corrected chi connectivity index (χ2v) is 15.8. The fraction of sp³-hybridized carbons (Fsp3) is 0.167. The third kappa shape index (κ3) is 4.60. The topological polar surface area (TPSA) is 4.93 Å². The van der Waals surface area contributed by atoms with Gasteiger partial charge >= 0.3 is 0 Å². The van der Waals surface area contributed by atoms with Crippen LogP contribution in [-0.4, -0.2) is 4.57 Å². The SMILES string of the molecule is CC(C)(C)c1ccc(-c2ccc3ccc4c(-c5ccc(C(C)(C)C)cc5)cc(-n5c6ccccc6c6ccccc65)c5ccc2c3c45)cc1. The lowest BCUT2D eigenvalue weighted by molar-refractivity contribution is 0.590. The number of hydrogen-bond acceptors (Lipinski definition) is 0. The molecule has 0 N–H and O–H groups in total. The Bertz CT molecular complexity index is 2640. The molecule has 0 bridgehead atoms. The Labute approximate surface area is 288 Å². The number of benzene rings is 8. The summed E-state index contributed by atoms with van der Waals surface area (Å²) in [5, 5.41) is 10.4. The largest absolute Gasteiger partial charge is 0.309 e. The maximum Gasteiger partial charge on any atom is 0.0547 e. The van der Waals surface area contributed by atoms with Crippen molar-refractivity contribution in [3.8, 4) is 27.9 Å². The molecule has 0 aliphatic rings. The fourth-order valence-electron chi connectivity index (χ4n) is 8.04. The molecule has 0 spiro atoms. The van der Waals surface area contributed by atoms with Crippen LogP contribution < -0.4 is 0 Å². The average Bonchev–Trinajstić information content (AvgIpc) is 3.44. The first-order valence-corrected chi connectivity index (χ1v) is 17.5. The molecule has 1 heteroatoms. The molecule has 9 rings (SSSR count). The van der Waals surface area contributed by atoms with Gasteiger partial charge in [0.1, 0.15) is 0 Å². The zero-order valence-electron chi connectivity index (χ0n) is 29.2. The van der Waals surface area contributed by atoms with Crippen LogP contribution in [0.1, 0.15) is 52.7 Å². The number of aromatic nitrogens is 1.